The first-order valence-electron chi connectivity index (χ1n) is 8.17. The van der Waals surface area contributed by atoms with Crippen LogP contribution >= 0.6 is 11.6 Å². The molecule has 0 spiro atoms. The zero-order valence-corrected chi connectivity index (χ0v) is 14.6. The fourth-order valence-electron chi connectivity index (χ4n) is 3.11. The lowest BCUT2D eigenvalue weighted by Gasteiger charge is -2.14. The van der Waals surface area contributed by atoms with E-state index in [4.69, 9.17) is 16.3 Å². The van der Waals surface area contributed by atoms with Gasteiger partial charge in [-0.25, -0.2) is 0 Å². The first-order valence-corrected chi connectivity index (χ1v) is 8.55. The third-order valence-electron chi connectivity index (χ3n) is 4.36. The van der Waals surface area contributed by atoms with Crippen molar-refractivity contribution in [2.45, 2.75) is 12.8 Å². The summed E-state index contributed by atoms with van der Waals surface area (Å²) >= 11 is 5.82. The molecule has 26 heavy (non-hydrogen) atoms. The number of halogens is 1. The molecule has 0 bridgehead atoms. The van der Waals surface area contributed by atoms with Crippen LogP contribution in [0.4, 0.5) is 5.69 Å². The molecule has 1 heterocycles. The molecule has 1 aromatic rings. The van der Waals surface area contributed by atoms with E-state index in [0.29, 0.717) is 23.6 Å². The molecule has 1 N–H and O–H groups in total. The lowest BCUT2D eigenvalue weighted by Crippen LogP contribution is -2.37. The molecular formula is C18H17ClN2O5. The van der Waals surface area contributed by atoms with Gasteiger partial charge < -0.3 is 10.1 Å². The van der Waals surface area contributed by atoms with Crippen LogP contribution in [0, 0.1) is 11.8 Å². The summed E-state index contributed by atoms with van der Waals surface area (Å²) < 4.78 is 4.87. The lowest BCUT2D eigenvalue weighted by atomic mass is 9.85. The third kappa shape index (κ3) is 3.94. The van der Waals surface area contributed by atoms with Gasteiger partial charge in [0.05, 0.1) is 11.8 Å². The van der Waals surface area contributed by atoms with Gasteiger partial charge in [0.2, 0.25) is 11.8 Å². The molecular weight excluding hydrogens is 360 g/mol. The normalized spacial score (nSPS) is 21.5. The maximum Gasteiger partial charge on any atom is 0.326 e. The van der Waals surface area contributed by atoms with E-state index in [1.807, 2.05) is 12.2 Å². The van der Waals surface area contributed by atoms with Crippen LogP contribution in [0.1, 0.15) is 12.8 Å². The Bertz CT molecular complexity index is 766. The molecule has 2 atom stereocenters. The molecule has 0 unspecified atom stereocenters. The number of carbonyl (C=O) groups is 4. The minimum Gasteiger partial charge on any atom is -0.454 e. The van der Waals surface area contributed by atoms with Crippen molar-refractivity contribution >= 4 is 41.0 Å². The highest BCUT2D eigenvalue weighted by atomic mass is 35.5. The van der Waals surface area contributed by atoms with E-state index in [2.05, 4.69) is 5.32 Å². The van der Waals surface area contributed by atoms with E-state index in [-0.39, 0.29) is 11.8 Å². The van der Waals surface area contributed by atoms with E-state index >= 15 is 0 Å². The summed E-state index contributed by atoms with van der Waals surface area (Å²) in [5, 5.41) is 2.99. The van der Waals surface area contributed by atoms with Crippen LogP contribution < -0.4 is 5.32 Å². The van der Waals surface area contributed by atoms with E-state index < -0.39 is 36.9 Å². The number of hydrogen-bond acceptors (Lipinski definition) is 5. The zero-order chi connectivity index (χ0) is 18.7. The number of amides is 3. The van der Waals surface area contributed by atoms with Crippen molar-refractivity contribution in [2.75, 3.05) is 18.5 Å². The quantitative estimate of drug-likeness (QED) is 0.480. The van der Waals surface area contributed by atoms with Gasteiger partial charge in [0.1, 0.15) is 6.54 Å². The van der Waals surface area contributed by atoms with Gasteiger partial charge in [-0.05, 0) is 31.0 Å². The standard InChI is InChI=1S/C18H17ClN2O5/c19-11-4-3-5-12(8-11)20-15(22)10-26-16(23)9-21-17(24)13-6-1-2-7-14(13)18(21)25/h1-5,8,13-14H,6-7,9-10H2,(H,20,22)/t13-,14+. The summed E-state index contributed by atoms with van der Waals surface area (Å²) in [5.74, 6) is -2.86. The Morgan fingerprint density at radius 2 is 1.81 bits per heavy atom. The molecule has 2 aliphatic rings. The van der Waals surface area contributed by atoms with Crippen LogP contribution in [-0.2, 0) is 23.9 Å². The average Bonchev–Trinajstić information content (AvgIpc) is 2.85. The second kappa shape index (κ2) is 7.70. The summed E-state index contributed by atoms with van der Waals surface area (Å²) in [6.07, 6.45) is 4.74. The topological polar surface area (TPSA) is 92.8 Å². The SMILES string of the molecule is O=C(COC(=O)CN1C(=O)[C@H]2CC=CC[C@H]2C1=O)Nc1cccc(Cl)c1. The third-order valence-corrected chi connectivity index (χ3v) is 4.59. The number of benzene rings is 1. The molecule has 1 aromatic carbocycles. The van der Waals surface area contributed by atoms with E-state index in [9.17, 15) is 19.2 Å². The molecule has 1 aliphatic heterocycles. The molecule has 1 saturated heterocycles. The summed E-state index contributed by atoms with van der Waals surface area (Å²) in [7, 11) is 0. The van der Waals surface area contributed by atoms with Crippen LogP contribution in [0.3, 0.4) is 0 Å². The van der Waals surface area contributed by atoms with Crippen molar-refractivity contribution < 1.29 is 23.9 Å². The summed E-state index contributed by atoms with van der Waals surface area (Å²) in [5.41, 5.74) is 0.472. The van der Waals surface area contributed by atoms with Crippen LogP contribution in [-0.4, -0.2) is 41.7 Å². The molecule has 3 amide bonds. The van der Waals surface area contributed by atoms with Crippen molar-refractivity contribution in [3.05, 3.63) is 41.4 Å². The molecule has 0 aromatic heterocycles. The van der Waals surface area contributed by atoms with Crippen LogP contribution in [0.5, 0.6) is 0 Å². The first-order chi connectivity index (χ1) is 12.5. The molecule has 0 saturated carbocycles. The number of rotatable bonds is 5. The smallest absolute Gasteiger partial charge is 0.326 e. The van der Waals surface area contributed by atoms with Gasteiger partial charge >= 0.3 is 5.97 Å². The number of likely N-dealkylation sites (tertiary alicyclic amines) is 1. The molecule has 136 valence electrons. The molecule has 8 heteroatoms. The maximum absolute atomic E-state index is 12.3. The minimum atomic E-state index is -0.806. The molecule has 0 radical (unpaired) electrons. The number of esters is 1. The predicted molar refractivity (Wildman–Crippen MR) is 93.1 cm³/mol. The molecule has 1 fully saturated rings. The molecule has 7 nitrogen and oxygen atoms in total. The van der Waals surface area contributed by atoms with Gasteiger partial charge in [-0.2, -0.15) is 0 Å². The largest absolute Gasteiger partial charge is 0.454 e. The average molecular weight is 377 g/mol. The van der Waals surface area contributed by atoms with E-state index in [1.54, 1.807) is 24.3 Å². The Morgan fingerprint density at radius 3 is 2.42 bits per heavy atom. The van der Waals surface area contributed by atoms with Crippen molar-refractivity contribution in [3.8, 4) is 0 Å². The molecule has 1 aliphatic carbocycles. The number of anilines is 1. The lowest BCUT2D eigenvalue weighted by molar-refractivity contribution is -0.154. The van der Waals surface area contributed by atoms with Crippen LogP contribution in [0.25, 0.3) is 0 Å². The van der Waals surface area contributed by atoms with Gasteiger partial charge in [0.25, 0.3) is 5.91 Å². The highest BCUT2D eigenvalue weighted by Gasteiger charge is 2.47. The van der Waals surface area contributed by atoms with E-state index in [0.717, 1.165) is 4.90 Å². The highest BCUT2D eigenvalue weighted by molar-refractivity contribution is 6.30. The van der Waals surface area contributed by atoms with Gasteiger partial charge in [-0.3, -0.25) is 24.1 Å². The van der Waals surface area contributed by atoms with Crippen molar-refractivity contribution in [3.63, 3.8) is 0 Å². The van der Waals surface area contributed by atoms with Crippen molar-refractivity contribution in [1.82, 2.24) is 4.90 Å². The Hall–Kier alpha value is -2.67. The maximum atomic E-state index is 12.3. The predicted octanol–water partition coefficient (Wildman–Crippen LogP) is 1.77. The van der Waals surface area contributed by atoms with Crippen LogP contribution in [0.15, 0.2) is 36.4 Å². The first kappa shape index (κ1) is 18.1. The number of allylic oxidation sites excluding steroid dienone is 2. The van der Waals surface area contributed by atoms with E-state index in [1.165, 1.54) is 0 Å². The van der Waals surface area contributed by atoms with Gasteiger partial charge in [-0.15, -0.1) is 0 Å². The Labute approximate surface area is 154 Å². The van der Waals surface area contributed by atoms with Crippen molar-refractivity contribution in [1.29, 1.82) is 0 Å². The minimum absolute atomic E-state index is 0.357. The number of nitrogens with zero attached hydrogens (tertiary/aromatic N) is 1. The fourth-order valence-corrected chi connectivity index (χ4v) is 3.30. The summed E-state index contributed by atoms with van der Waals surface area (Å²) in [6, 6.07) is 6.53. The zero-order valence-electron chi connectivity index (χ0n) is 13.8. The Morgan fingerprint density at radius 1 is 1.15 bits per heavy atom. The number of carbonyl (C=O) groups excluding carboxylic acids is 4. The summed E-state index contributed by atoms with van der Waals surface area (Å²) in [4.78, 5) is 49.2. The van der Waals surface area contributed by atoms with Gasteiger partial charge in [0.15, 0.2) is 6.61 Å². The number of nitrogens with one attached hydrogen (secondary N) is 1. The highest BCUT2D eigenvalue weighted by Crippen LogP contribution is 2.34. The van der Waals surface area contributed by atoms with Gasteiger partial charge in [0, 0.05) is 10.7 Å². The Balaban J connectivity index is 1.49. The van der Waals surface area contributed by atoms with Gasteiger partial charge in [-0.1, -0.05) is 29.8 Å². The second-order valence-corrected chi connectivity index (χ2v) is 6.57. The molecule has 3 rings (SSSR count). The monoisotopic (exact) mass is 376 g/mol. The summed E-state index contributed by atoms with van der Waals surface area (Å²) in [6.45, 7) is -0.995. The Kier molecular flexibility index (Phi) is 5.37. The number of ether oxygens (including phenoxy) is 1. The van der Waals surface area contributed by atoms with Crippen molar-refractivity contribution in [2.24, 2.45) is 11.8 Å². The number of imide groups is 1. The second-order valence-electron chi connectivity index (χ2n) is 6.14. The van der Waals surface area contributed by atoms with Crippen LogP contribution in [0.2, 0.25) is 5.02 Å². The number of fused-ring (bicyclic) bond motifs is 1. The number of hydrogen-bond donors (Lipinski definition) is 1. The fraction of sp³-hybridized carbons (Fsp3) is 0.333.